The molecule has 2 nitrogen and oxygen atoms in total. The first-order valence-corrected chi connectivity index (χ1v) is 8.38. The molecule has 26 heavy (non-hydrogen) atoms. The van der Waals surface area contributed by atoms with Crippen LogP contribution in [0.25, 0.3) is 11.1 Å². The van der Waals surface area contributed by atoms with E-state index in [9.17, 15) is 0 Å². The van der Waals surface area contributed by atoms with Crippen LogP contribution in [0.5, 0.6) is 23.0 Å². The Balaban J connectivity index is 1.72. The molecule has 0 N–H and O–H groups in total. The first-order valence-electron chi connectivity index (χ1n) is 8.38. The summed E-state index contributed by atoms with van der Waals surface area (Å²) in [6.07, 6.45) is 0. The highest BCUT2D eigenvalue weighted by atomic mass is 16.5. The monoisotopic (exact) mass is 336 g/mol. The highest BCUT2D eigenvalue weighted by Gasteiger charge is 2.11. The number of para-hydroxylation sites is 2. The van der Waals surface area contributed by atoms with Gasteiger partial charge in [0.1, 0.15) is 11.5 Å². The molecule has 0 aliphatic rings. The second-order valence-electron chi connectivity index (χ2n) is 5.70. The van der Waals surface area contributed by atoms with E-state index in [2.05, 4.69) is 12.1 Å². The minimum Gasteiger partial charge on any atom is -0.453 e. The van der Waals surface area contributed by atoms with Gasteiger partial charge in [-0.25, -0.2) is 0 Å². The molecule has 0 spiro atoms. The predicted octanol–water partition coefficient (Wildman–Crippen LogP) is 6.54. The number of hydrogen-bond acceptors (Lipinski definition) is 2. The van der Waals surface area contributed by atoms with Gasteiger partial charge in [-0.1, -0.05) is 66.7 Å². The van der Waals surface area contributed by atoms with Crippen LogP contribution < -0.4 is 9.47 Å². The van der Waals surface area contributed by atoms with Crippen molar-refractivity contribution in [2.75, 3.05) is 0 Å². The Morgan fingerprint density at radius 1 is 0.538 bits per heavy atom. The van der Waals surface area contributed by atoms with Gasteiger partial charge in [0, 0.05) is 12.1 Å². The van der Waals surface area contributed by atoms with Crippen LogP contribution in [0.1, 0.15) is 0 Å². The molecule has 0 unspecified atom stereocenters. The SMILES string of the molecule is [c]1[c]c(Oc2ccccc2)c(Oc2ccccc2)cc1-c1ccccc1. The number of benzene rings is 4. The maximum absolute atomic E-state index is 6.07. The molecule has 2 heteroatoms. The van der Waals surface area contributed by atoms with Crippen LogP contribution in [0, 0.1) is 12.1 Å². The molecule has 0 atom stereocenters. The molecule has 0 aliphatic carbocycles. The minimum atomic E-state index is 0.500. The molecule has 124 valence electrons. The van der Waals surface area contributed by atoms with Gasteiger partial charge < -0.3 is 9.47 Å². The van der Waals surface area contributed by atoms with E-state index < -0.39 is 0 Å². The molecule has 2 radical (unpaired) electrons. The molecular weight excluding hydrogens is 320 g/mol. The van der Waals surface area contributed by atoms with Crippen LogP contribution in [-0.4, -0.2) is 0 Å². The van der Waals surface area contributed by atoms with Gasteiger partial charge in [0.25, 0.3) is 0 Å². The molecular formula is C24H16O2. The first-order chi connectivity index (χ1) is 12.9. The summed E-state index contributed by atoms with van der Waals surface area (Å²) in [4.78, 5) is 0. The standard InChI is InChI=1S/C24H16O2/c1-4-10-19(11-5-1)20-16-17-23(25-21-12-6-2-7-13-21)24(18-20)26-22-14-8-3-9-15-22/h1-15,18H. The molecule has 0 saturated heterocycles. The minimum absolute atomic E-state index is 0.500. The normalized spacial score (nSPS) is 10.3. The van der Waals surface area contributed by atoms with Crippen molar-refractivity contribution in [3.05, 3.63) is 109 Å². The predicted molar refractivity (Wildman–Crippen MR) is 103 cm³/mol. The average molecular weight is 336 g/mol. The van der Waals surface area contributed by atoms with E-state index in [1.807, 2.05) is 97.1 Å². The summed E-state index contributed by atoms with van der Waals surface area (Å²) in [6, 6.07) is 37.5. The maximum Gasteiger partial charge on any atom is 0.178 e. The quantitative estimate of drug-likeness (QED) is 0.412. The van der Waals surface area contributed by atoms with Gasteiger partial charge in [-0.2, -0.15) is 0 Å². The van der Waals surface area contributed by atoms with Crippen molar-refractivity contribution in [1.82, 2.24) is 0 Å². The van der Waals surface area contributed by atoms with Crippen molar-refractivity contribution in [3.8, 4) is 34.1 Å². The zero-order valence-corrected chi connectivity index (χ0v) is 14.1. The fraction of sp³-hybridized carbons (Fsp3) is 0. The van der Waals surface area contributed by atoms with Crippen molar-refractivity contribution in [2.45, 2.75) is 0 Å². The lowest BCUT2D eigenvalue weighted by Gasteiger charge is -2.13. The largest absolute Gasteiger partial charge is 0.453 e. The second kappa shape index (κ2) is 7.58. The Morgan fingerprint density at radius 3 is 1.69 bits per heavy atom. The molecule has 4 aromatic carbocycles. The lowest BCUT2D eigenvalue weighted by molar-refractivity contribution is 0.418. The first kappa shape index (κ1) is 16.0. The van der Waals surface area contributed by atoms with Gasteiger partial charge in [-0.05, 0) is 41.5 Å². The molecule has 4 aromatic rings. The van der Waals surface area contributed by atoms with E-state index in [1.165, 1.54) is 0 Å². The molecule has 0 aliphatic heterocycles. The lowest BCUT2D eigenvalue weighted by Crippen LogP contribution is -1.92. The van der Waals surface area contributed by atoms with Crippen LogP contribution >= 0.6 is 0 Å². The number of hydrogen-bond donors (Lipinski definition) is 0. The summed E-state index contributed by atoms with van der Waals surface area (Å²) in [6.45, 7) is 0. The second-order valence-corrected chi connectivity index (χ2v) is 5.70. The Hall–Kier alpha value is -3.52. The van der Waals surface area contributed by atoms with Crippen molar-refractivity contribution < 1.29 is 9.47 Å². The number of rotatable bonds is 5. The van der Waals surface area contributed by atoms with Gasteiger partial charge in [0.15, 0.2) is 11.5 Å². The van der Waals surface area contributed by atoms with Crippen LogP contribution in [0.3, 0.4) is 0 Å². The van der Waals surface area contributed by atoms with E-state index in [1.54, 1.807) is 0 Å². The van der Waals surface area contributed by atoms with Crippen LogP contribution in [0.15, 0.2) is 97.1 Å². The van der Waals surface area contributed by atoms with Crippen LogP contribution in [0.4, 0.5) is 0 Å². The van der Waals surface area contributed by atoms with Gasteiger partial charge in [-0.15, -0.1) is 0 Å². The Labute approximate surface area is 153 Å². The third-order valence-corrected chi connectivity index (χ3v) is 3.83. The average Bonchev–Trinajstić information content (AvgIpc) is 2.71. The fourth-order valence-corrected chi connectivity index (χ4v) is 2.57. The summed E-state index contributed by atoms with van der Waals surface area (Å²) < 4.78 is 12.0. The van der Waals surface area contributed by atoms with E-state index in [0.29, 0.717) is 11.5 Å². The Kier molecular flexibility index (Phi) is 4.66. The molecule has 0 fully saturated rings. The van der Waals surface area contributed by atoms with E-state index in [0.717, 1.165) is 22.6 Å². The maximum atomic E-state index is 6.07. The van der Waals surface area contributed by atoms with Gasteiger partial charge >= 0.3 is 0 Å². The zero-order chi connectivity index (χ0) is 17.6. The smallest absolute Gasteiger partial charge is 0.178 e. The fourth-order valence-electron chi connectivity index (χ4n) is 2.57. The van der Waals surface area contributed by atoms with Gasteiger partial charge in [0.05, 0.1) is 0 Å². The van der Waals surface area contributed by atoms with Crippen molar-refractivity contribution >= 4 is 0 Å². The topological polar surface area (TPSA) is 18.5 Å². The third kappa shape index (κ3) is 3.76. The Morgan fingerprint density at radius 2 is 1.08 bits per heavy atom. The van der Waals surface area contributed by atoms with E-state index >= 15 is 0 Å². The summed E-state index contributed by atoms with van der Waals surface area (Å²) >= 11 is 0. The van der Waals surface area contributed by atoms with Gasteiger partial charge in [-0.3, -0.25) is 0 Å². The molecule has 0 heterocycles. The summed E-state index contributed by atoms with van der Waals surface area (Å²) in [5.41, 5.74) is 1.95. The molecule has 0 aromatic heterocycles. The lowest BCUT2D eigenvalue weighted by atomic mass is 10.1. The van der Waals surface area contributed by atoms with E-state index in [4.69, 9.17) is 9.47 Å². The molecule has 4 rings (SSSR count). The highest BCUT2D eigenvalue weighted by Crippen LogP contribution is 2.37. The van der Waals surface area contributed by atoms with Gasteiger partial charge in [0.2, 0.25) is 0 Å². The number of ether oxygens (including phenoxy) is 2. The Bertz CT molecular complexity index is 965. The third-order valence-electron chi connectivity index (χ3n) is 3.83. The summed E-state index contributed by atoms with van der Waals surface area (Å²) in [5, 5.41) is 0. The van der Waals surface area contributed by atoms with Crippen molar-refractivity contribution in [3.63, 3.8) is 0 Å². The molecule has 0 bridgehead atoms. The molecule has 0 saturated carbocycles. The molecule has 0 amide bonds. The van der Waals surface area contributed by atoms with Crippen LogP contribution in [-0.2, 0) is 0 Å². The summed E-state index contributed by atoms with van der Waals surface area (Å²) in [7, 11) is 0. The van der Waals surface area contributed by atoms with Crippen LogP contribution in [0.2, 0.25) is 0 Å². The van der Waals surface area contributed by atoms with Crippen molar-refractivity contribution in [1.29, 1.82) is 0 Å². The highest BCUT2D eigenvalue weighted by molar-refractivity contribution is 5.66. The van der Waals surface area contributed by atoms with Crippen molar-refractivity contribution in [2.24, 2.45) is 0 Å². The van der Waals surface area contributed by atoms with E-state index in [-0.39, 0.29) is 0 Å². The summed E-state index contributed by atoms with van der Waals surface area (Å²) in [5.74, 6) is 2.56. The zero-order valence-electron chi connectivity index (χ0n) is 14.1.